The number of likely N-dealkylation sites (tertiary alicyclic amines) is 1. The van der Waals surface area contributed by atoms with Crippen LogP contribution in [0.3, 0.4) is 0 Å². The second kappa shape index (κ2) is 10.8. The summed E-state index contributed by atoms with van der Waals surface area (Å²) in [5.74, 6) is -2.03. The number of hydrogen-bond donors (Lipinski definition) is 3. The molecule has 1 fully saturated rings. The fraction of sp³-hybridized carbons (Fsp3) is 0.318. The van der Waals surface area contributed by atoms with E-state index in [9.17, 15) is 37.1 Å². The van der Waals surface area contributed by atoms with Gasteiger partial charge in [0.05, 0.1) is 10.6 Å². The van der Waals surface area contributed by atoms with E-state index >= 15 is 0 Å². The van der Waals surface area contributed by atoms with E-state index in [1.165, 1.54) is 18.2 Å². The maximum absolute atomic E-state index is 13.5. The van der Waals surface area contributed by atoms with Crippen molar-refractivity contribution >= 4 is 35.2 Å². The van der Waals surface area contributed by atoms with E-state index in [4.69, 9.17) is 16.3 Å². The molecule has 2 atom stereocenters. The van der Waals surface area contributed by atoms with Gasteiger partial charge in [-0.3, -0.25) is 14.5 Å². The van der Waals surface area contributed by atoms with Crippen LogP contribution in [0.1, 0.15) is 18.4 Å². The average Bonchev–Trinajstić information content (AvgIpc) is 2.79. The van der Waals surface area contributed by atoms with Crippen LogP contribution in [0.2, 0.25) is 5.02 Å². The number of anilines is 1. The Labute approximate surface area is 201 Å². The van der Waals surface area contributed by atoms with Gasteiger partial charge in [-0.05, 0) is 43.2 Å². The third-order valence-electron chi connectivity index (χ3n) is 5.21. The maximum Gasteiger partial charge on any atom is 0.416 e. The molecule has 0 aromatic heterocycles. The summed E-state index contributed by atoms with van der Waals surface area (Å²) in [5, 5.41) is 14.3. The average molecular weight is 518 g/mol. The van der Waals surface area contributed by atoms with E-state index < -0.39 is 54.2 Å². The molecule has 0 radical (unpaired) electrons. The van der Waals surface area contributed by atoms with E-state index in [2.05, 4.69) is 10.6 Å². The molecule has 188 valence electrons. The third-order valence-corrected chi connectivity index (χ3v) is 5.52. The summed E-state index contributed by atoms with van der Waals surface area (Å²) in [5.41, 5.74) is -1.08. The summed E-state index contributed by atoms with van der Waals surface area (Å²) < 4.78 is 57.3. The standard InChI is InChI=1S/C22H20ClF4N3O5/c23-16-6-5-15(9-17(16)24)35-11-19(31)28-14-4-7-18(30(10-14)21(33)34)20(32)29-13-3-1-2-12(8-13)22(25,26)27/h1-3,5-6,8-9,14,18H,4,7,10-11H2,(H,28,31)(H,29,32)(H,33,34)/t14-,18+/m0/s1. The number of benzene rings is 2. The number of piperidine rings is 1. The number of carboxylic acid groups (broad SMARTS) is 1. The van der Waals surface area contributed by atoms with Gasteiger partial charge in [-0.15, -0.1) is 0 Å². The summed E-state index contributed by atoms with van der Waals surface area (Å²) >= 11 is 5.58. The smallest absolute Gasteiger partial charge is 0.416 e. The van der Waals surface area contributed by atoms with Crippen molar-refractivity contribution in [2.75, 3.05) is 18.5 Å². The van der Waals surface area contributed by atoms with E-state index in [0.29, 0.717) is 0 Å². The maximum atomic E-state index is 13.5. The summed E-state index contributed by atoms with van der Waals surface area (Å²) in [6, 6.07) is 5.83. The van der Waals surface area contributed by atoms with E-state index in [0.717, 1.165) is 29.2 Å². The summed E-state index contributed by atoms with van der Waals surface area (Å²) in [7, 11) is 0. The molecule has 1 aliphatic rings. The second-order valence-electron chi connectivity index (χ2n) is 7.72. The molecule has 1 aliphatic heterocycles. The van der Waals surface area contributed by atoms with Crippen molar-refractivity contribution in [3.8, 4) is 5.75 Å². The number of ether oxygens (including phenoxy) is 1. The van der Waals surface area contributed by atoms with Crippen LogP contribution < -0.4 is 15.4 Å². The molecule has 1 heterocycles. The van der Waals surface area contributed by atoms with E-state index in [1.807, 2.05) is 0 Å². The van der Waals surface area contributed by atoms with Gasteiger partial charge in [0.25, 0.3) is 5.91 Å². The predicted molar refractivity (Wildman–Crippen MR) is 117 cm³/mol. The highest BCUT2D eigenvalue weighted by Crippen LogP contribution is 2.31. The summed E-state index contributed by atoms with van der Waals surface area (Å²) in [4.78, 5) is 37.4. The largest absolute Gasteiger partial charge is 0.484 e. The predicted octanol–water partition coefficient (Wildman–Crippen LogP) is 4.14. The zero-order valence-electron chi connectivity index (χ0n) is 17.9. The molecule has 3 rings (SSSR count). The Kier molecular flexibility index (Phi) is 8.05. The first kappa shape index (κ1) is 26.1. The topological polar surface area (TPSA) is 108 Å². The van der Waals surface area contributed by atoms with Crippen molar-refractivity contribution < 1.29 is 41.8 Å². The lowest BCUT2D eigenvalue weighted by atomic mass is 9.97. The summed E-state index contributed by atoms with van der Waals surface area (Å²) in [6.07, 6.45) is -5.78. The Balaban J connectivity index is 1.57. The number of alkyl halides is 3. The first-order valence-electron chi connectivity index (χ1n) is 10.3. The van der Waals surface area contributed by atoms with E-state index in [-0.39, 0.29) is 35.8 Å². The number of carbonyl (C=O) groups excluding carboxylic acids is 2. The minimum absolute atomic E-state index is 0.0191. The van der Waals surface area contributed by atoms with E-state index in [1.54, 1.807) is 0 Å². The molecule has 0 spiro atoms. The molecule has 1 saturated heterocycles. The number of hydrogen-bond acceptors (Lipinski definition) is 4. The van der Waals surface area contributed by atoms with Crippen LogP contribution in [0.25, 0.3) is 0 Å². The minimum Gasteiger partial charge on any atom is -0.484 e. The Bertz CT molecular complexity index is 1110. The lowest BCUT2D eigenvalue weighted by molar-refractivity contribution is -0.137. The highest BCUT2D eigenvalue weighted by molar-refractivity contribution is 6.30. The lowest BCUT2D eigenvalue weighted by Crippen LogP contribution is -2.57. The van der Waals surface area contributed by atoms with Gasteiger partial charge in [0.2, 0.25) is 5.91 Å². The molecule has 0 bridgehead atoms. The molecule has 13 heteroatoms. The van der Waals surface area contributed by atoms with Crippen LogP contribution in [0.4, 0.5) is 28.0 Å². The Hall–Kier alpha value is -3.54. The van der Waals surface area contributed by atoms with Gasteiger partial charge in [-0.2, -0.15) is 13.2 Å². The van der Waals surface area contributed by atoms with Crippen molar-refractivity contribution in [3.05, 3.63) is 58.9 Å². The molecule has 2 aromatic rings. The molecule has 0 unspecified atom stereocenters. The monoisotopic (exact) mass is 517 g/mol. The fourth-order valence-corrected chi connectivity index (χ4v) is 3.67. The molecule has 3 amide bonds. The molecule has 8 nitrogen and oxygen atoms in total. The van der Waals surface area contributed by atoms with Crippen LogP contribution in [0.15, 0.2) is 42.5 Å². The van der Waals surface area contributed by atoms with Crippen molar-refractivity contribution in [2.45, 2.75) is 31.1 Å². The number of nitrogens with zero attached hydrogens (tertiary/aromatic N) is 1. The molecular formula is C22H20ClF4N3O5. The molecule has 3 N–H and O–H groups in total. The van der Waals surface area contributed by atoms with Crippen molar-refractivity contribution in [2.24, 2.45) is 0 Å². The van der Waals surface area contributed by atoms with Crippen LogP contribution in [0, 0.1) is 5.82 Å². The van der Waals surface area contributed by atoms with Gasteiger partial charge in [0.15, 0.2) is 6.61 Å². The highest BCUT2D eigenvalue weighted by Gasteiger charge is 2.37. The van der Waals surface area contributed by atoms with Gasteiger partial charge in [0.1, 0.15) is 17.6 Å². The van der Waals surface area contributed by atoms with Gasteiger partial charge in [0, 0.05) is 24.3 Å². The normalized spacial score (nSPS) is 18.0. The zero-order chi connectivity index (χ0) is 25.8. The molecule has 0 aliphatic carbocycles. The first-order valence-corrected chi connectivity index (χ1v) is 10.7. The van der Waals surface area contributed by atoms with Gasteiger partial charge in [-0.25, -0.2) is 9.18 Å². The Morgan fingerprint density at radius 1 is 1.14 bits per heavy atom. The number of halogens is 5. The van der Waals surface area contributed by atoms with Crippen molar-refractivity contribution in [1.29, 1.82) is 0 Å². The molecule has 0 saturated carbocycles. The number of rotatable bonds is 6. The minimum atomic E-state index is -4.60. The molecule has 2 aromatic carbocycles. The SMILES string of the molecule is O=C(COc1ccc(Cl)c(F)c1)N[C@H]1CC[C@H](C(=O)Nc2cccc(C(F)(F)F)c2)N(C(=O)O)C1. The zero-order valence-corrected chi connectivity index (χ0v) is 18.7. The number of carbonyl (C=O) groups is 3. The van der Waals surface area contributed by atoms with Crippen molar-refractivity contribution in [1.82, 2.24) is 10.2 Å². The summed E-state index contributed by atoms with van der Waals surface area (Å²) in [6.45, 7) is -0.693. The Morgan fingerprint density at radius 2 is 1.89 bits per heavy atom. The number of nitrogens with one attached hydrogen (secondary N) is 2. The van der Waals surface area contributed by atoms with Crippen molar-refractivity contribution in [3.63, 3.8) is 0 Å². The van der Waals surface area contributed by atoms with Gasteiger partial charge in [-0.1, -0.05) is 17.7 Å². The van der Waals surface area contributed by atoms with Crippen LogP contribution >= 0.6 is 11.6 Å². The quantitative estimate of drug-likeness (QED) is 0.499. The fourth-order valence-electron chi connectivity index (χ4n) is 3.56. The number of amides is 3. The lowest BCUT2D eigenvalue weighted by Gasteiger charge is -2.37. The second-order valence-corrected chi connectivity index (χ2v) is 8.13. The first-order chi connectivity index (χ1) is 16.4. The van der Waals surface area contributed by atoms with Gasteiger partial charge < -0.3 is 20.5 Å². The van der Waals surface area contributed by atoms with Crippen LogP contribution in [-0.4, -0.2) is 53.1 Å². The molecule has 35 heavy (non-hydrogen) atoms. The Morgan fingerprint density at radius 3 is 2.54 bits per heavy atom. The third kappa shape index (κ3) is 6.98. The van der Waals surface area contributed by atoms with Crippen LogP contribution in [0.5, 0.6) is 5.75 Å². The highest BCUT2D eigenvalue weighted by atomic mass is 35.5. The van der Waals surface area contributed by atoms with Crippen LogP contribution in [-0.2, 0) is 15.8 Å². The molecular weight excluding hydrogens is 498 g/mol. The van der Waals surface area contributed by atoms with Gasteiger partial charge >= 0.3 is 12.3 Å².